The molecule has 2 amide bonds. The van der Waals surface area contributed by atoms with E-state index in [1.54, 1.807) is 42.8 Å². The molecule has 32 heavy (non-hydrogen) atoms. The maximum atomic E-state index is 12.8. The Morgan fingerprint density at radius 3 is 2.66 bits per heavy atom. The summed E-state index contributed by atoms with van der Waals surface area (Å²) in [5.74, 6) is 0.396. The van der Waals surface area contributed by atoms with E-state index >= 15 is 0 Å². The van der Waals surface area contributed by atoms with Crippen LogP contribution in [-0.2, 0) is 11.4 Å². The number of amides is 2. The minimum Gasteiger partial charge on any atom is -0.493 e. The summed E-state index contributed by atoms with van der Waals surface area (Å²) in [6.07, 6.45) is 1.71. The van der Waals surface area contributed by atoms with E-state index in [4.69, 9.17) is 21.7 Å². The zero-order chi connectivity index (χ0) is 22.5. The number of nitrogens with zero attached hydrogens (tertiary/aromatic N) is 1. The van der Waals surface area contributed by atoms with Crippen molar-refractivity contribution >= 4 is 57.5 Å². The summed E-state index contributed by atoms with van der Waals surface area (Å²) in [4.78, 5) is 26.0. The van der Waals surface area contributed by atoms with Crippen molar-refractivity contribution in [3.63, 3.8) is 0 Å². The molecule has 0 spiro atoms. The van der Waals surface area contributed by atoms with Crippen LogP contribution in [-0.4, -0.2) is 28.3 Å². The van der Waals surface area contributed by atoms with Gasteiger partial charge in [-0.1, -0.05) is 54.2 Å². The molecule has 1 saturated heterocycles. The molecule has 162 valence electrons. The van der Waals surface area contributed by atoms with Gasteiger partial charge in [0, 0.05) is 0 Å². The lowest BCUT2D eigenvalue weighted by Crippen LogP contribution is -2.44. The second-order valence-electron chi connectivity index (χ2n) is 6.62. The summed E-state index contributed by atoms with van der Waals surface area (Å²) in [6, 6.07) is 18.7. The molecule has 1 aliphatic heterocycles. The first-order valence-electron chi connectivity index (χ1n) is 9.52. The fraction of sp³-hybridized carbons (Fsp3) is 0.0870. The van der Waals surface area contributed by atoms with E-state index in [0.717, 1.165) is 27.9 Å². The van der Waals surface area contributed by atoms with Gasteiger partial charge < -0.3 is 9.47 Å². The summed E-state index contributed by atoms with van der Waals surface area (Å²) < 4.78 is 11.6. The molecule has 1 aromatic heterocycles. The number of nitrogens with one attached hydrogen (secondary N) is 1. The molecule has 0 bridgehead atoms. The molecule has 0 aliphatic carbocycles. The molecule has 1 fully saturated rings. The molecule has 0 radical (unpaired) electrons. The second kappa shape index (κ2) is 9.99. The number of hydrazine groups is 1. The number of thiocarbonyl (C=S) groups is 1. The van der Waals surface area contributed by atoms with Crippen molar-refractivity contribution in [1.29, 1.82) is 0 Å². The molecule has 4 rings (SSSR count). The van der Waals surface area contributed by atoms with Crippen LogP contribution in [0.15, 0.2) is 70.9 Å². The van der Waals surface area contributed by atoms with Crippen molar-refractivity contribution < 1.29 is 19.1 Å². The molecule has 0 saturated carbocycles. The number of carbonyl (C=O) groups is 2. The number of hydrogen-bond acceptors (Lipinski definition) is 7. The first kappa shape index (κ1) is 22.1. The molecule has 2 heterocycles. The maximum absolute atomic E-state index is 12.8. The topological polar surface area (TPSA) is 67.9 Å². The summed E-state index contributed by atoms with van der Waals surface area (Å²) in [5.41, 5.74) is 4.37. The Labute approximate surface area is 198 Å². The lowest BCUT2D eigenvalue weighted by Gasteiger charge is -2.14. The van der Waals surface area contributed by atoms with Gasteiger partial charge in [0.25, 0.3) is 11.8 Å². The number of thioether (sulfide) groups is 1. The van der Waals surface area contributed by atoms with Gasteiger partial charge in [-0.05, 0) is 53.0 Å². The Hall–Kier alpha value is -3.14. The minimum absolute atomic E-state index is 0.265. The van der Waals surface area contributed by atoms with Crippen LogP contribution >= 0.6 is 35.3 Å². The van der Waals surface area contributed by atoms with Gasteiger partial charge in [-0.25, -0.2) is 0 Å². The third-order valence-corrected chi connectivity index (χ3v) is 6.65. The van der Waals surface area contributed by atoms with Crippen LogP contribution in [0.1, 0.15) is 20.8 Å². The van der Waals surface area contributed by atoms with Gasteiger partial charge >= 0.3 is 0 Å². The number of thiophene rings is 1. The van der Waals surface area contributed by atoms with Gasteiger partial charge in [-0.15, -0.1) is 11.3 Å². The fourth-order valence-corrected chi connectivity index (χ4v) is 4.70. The van der Waals surface area contributed by atoms with Gasteiger partial charge in [0.2, 0.25) is 0 Å². The Bertz CT molecular complexity index is 1180. The molecule has 0 atom stereocenters. The summed E-state index contributed by atoms with van der Waals surface area (Å²) in [6.45, 7) is 0.416. The molecular formula is C23H18N2O4S3. The van der Waals surface area contributed by atoms with Crippen LogP contribution in [0.4, 0.5) is 0 Å². The number of hydrogen-bond donors (Lipinski definition) is 1. The monoisotopic (exact) mass is 482 g/mol. The maximum Gasteiger partial charge on any atom is 0.285 e. The Morgan fingerprint density at radius 1 is 1.12 bits per heavy atom. The van der Waals surface area contributed by atoms with Crippen LogP contribution in [0.5, 0.6) is 11.5 Å². The van der Waals surface area contributed by atoms with E-state index in [2.05, 4.69) is 5.43 Å². The predicted octanol–water partition coefficient (Wildman–Crippen LogP) is 4.88. The van der Waals surface area contributed by atoms with Crippen LogP contribution in [0.2, 0.25) is 0 Å². The highest BCUT2D eigenvalue weighted by atomic mass is 32.2. The molecule has 2 aromatic carbocycles. The number of carbonyl (C=O) groups excluding carboxylic acids is 2. The van der Waals surface area contributed by atoms with E-state index < -0.39 is 0 Å². The quantitative estimate of drug-likeness (QED) is 0.382. The largest absolute Gasteiger partial charge is 0.493 e. The van der Waals surface area contributed by atoms with E-state index in [9.17, 15) is 9.59 Å². The van der Waals surface area contributed by atoms with E-state index in [-0.39, 0.29) is 16.1 Å². The van der Waals surface area contributed by atoms with Crippen molar-refractivity contribution in [3.05, 3.63) is 87.0 Å². The highest BCUT2D eigenvalue weighted by Gasteiger charge is 2.34. The van der Waals surface area contributed by atoms with E-state index in [1.807, 2.05) is 36.4 Å². The zero-order valence-corrected chi connectivity index (χ0v) is 19.4. The minimum atomic E-state index is -0.381. The summed E-state index contributed by atoms with van der Waals surface area (Å²) >= 11 is 7.69. The van der Waals surface area contributed by atoms with Crippen LogP contribution in [0.3, 0.4) is 0 Å². The predicted molar refractivity (Wildman–Crippen MR) is 131 cm³/mol. The lowest BCUT2D eigenvalue weighted by atomic mass is 10.2. The molecule has 1 N–H and O–H groups in total. The first-order valence-corrected chi connectivity index (χ1v) is 11.6. The lowest BCUT2D eigenvalue weighted by molar-refractivity contribution is -0.123. The highest BCUT2D eigenvalue weighted by Crippen LogP contribution is 2.34. The smallest absolute Gasteiger partial charge is 0.285 e. The van der Waals surface area contributed by atoms with Gasteiger partial charge in [-0.2, -0.15) is 5.01 Å². The number of rotatable bonds is 7. The summed E-state index contributed by atoms with van der Waals surface area (Å²) in [5, 5.41) is 2.89. The number of benzene rings is 2. The van der Waals surface area contributed by atoms with Gasteiger partial charge in [-0.3, -0.25) is 15.0 Å². The van der Waals surface area contributed by atoms with Crippen molar-refractivity contribution in [1.82, 2.24) is 10.4 Å². The van der Waals surface area contributed by atoms with Crippen LogP contribution in [0, 0.1) is 0 Å². The number of methoxy groups -OCH3 is 1. The van der Waals surface area contributed by atoms with E-state index in [1.165, 1.54) is 11.3 Å². The van der Waals surface area contributed by atoms with Crippen molar-refractivity contribution in [3.8, 4) is 11.5 Å². The molecule has 6 nitrogen and oxygen atoms in total. The normalized spacial score (nSPS) is 14.7. The molecule has 9 heteroatoms. The third kappa shape index (κ3) is 5.01. The molecule has 1 aliphatic rings. The molecular weight excluding hydrogens is 464 g/mol. The SMILES string of the molecule is COc1cc(/C=C2/SC(=S)N(NC(=O)c3cccs3)C2=O)ccc1OCc1ccccc1. The number of ether oxygens (including phenoxy) is 2. The first-order chi connectivity index (χ1) is 15.5. The van der Waals surface area contributed by atoms with Crippen molar-refractivity contribution in [2.75, 3.05) is 7.11 Å². The Morgan fingerprint density at radius 2 is 1.94 bits per heavy atom. The fourth-order valence-electron chi connectivity index (χ4n) is 2.91. The van der Waals surface area contributed by atoms with Crippen molar-refractivity contribution in [2.45, 2.75) is 6.61 Å². The van der Waals surface area contributed by atoms with Gasteiger partial charge in [0.1, 0.15) is 6.61 Å². The van der Waals surface area contributed by atoms with Crippen LogP contribution < -0.4 is 14.9 Å². The highest BCUT2D eigenvalue weighted by molar-refractivity contribution is 8.26. The zero-order valence-electron chi connectivity index (χ0n) is 16.9. The van der Waals surface area contributed by atoms with Gasteiger partial charge in [0.05, 0.1) is 16.9 Å². The summed E-state index contributed by atoms with van der Waals surface area (Å²) in [7, 11) is 1.56. The average Bonchev–Trinajstić information content (AvgIpc) is 3.44. The van der Waals surface area contributed by atoms with Gasteiger partial charge in [0.15, 0.2) is 15.8 Å². The Balaban J connectivity index is 1.47. The molecule has 3 aromatic rings. The van der Waals surface area contributed by atoms with E-state index in [0.29, 0.717) is 27.9 Å². The Kier molecular flexibility index (Phi) is 6.89. The standard InChI is InChI=1S/C23H18N2O4S3/c1-28-18-12-16(9-10-17(18)29-14-15-6-3-2-4-7-15)13-20-22(27)25(23(30)32-20)24-21(26)19-8-5-11-31-19/h2-13H,14H2,1H3,(H,24,26)/b20-13+. The van der Waals surface area contributed by atoms with Crippen LogP contribution in [0.25, 0.3) is 6.08 Å². The third-order valence-electron chi connectivity index (χ3n) is 4.47. The second-order valence-corrected chi connectivity index (χ2v) is 9.24. The molecule has 0 unspecified atom stereocenters. The van der Waals surface area contributed by atoms with Crippen molar-refractivity contribution in [2.24, 2.45) is 0 Å². The average molecular weight is 483 g/mol.